The molecule has 0 saturated heterocycles. The van der Waals surface area contributed by atoms with E-state index in [2.05, 4.69) is 38.1 Å². The van der Waals surface area contributed by atoms with Crippen LogP contribution in [0.3, 0.4) is 0 Å². The molecule has 0 aliphatic heterocycles. The van der Waals surface area contributed by atoms with Gasteiger partial charge in [-0.1, -0.05) is 56.3 Å². The average molecular weight is 269 g/mol. The van der Waals surface area contributed by atoms with Crippen molar-refractivity contribution in [1.29, 1.82) is 0 Å². The van der Waals surface area contributed by atoms with Gasteiger partial charge in [-0.25, -0.2) is 0 Å². The van der Waals surface area contributed by atoms with Crippen LogP contribution in [0.1, 0.15) is 49.4 Å². The molecule has 2 aromatic rings. The van der Waals surface area contributed by atoms with Crippen molar-refractivity contribution >= 4 is 0 Å². The summed E-state index contributed by atoms with van der Waals surface area (Å²) in [6.07, 6.45) is 0. The first-order chi connectivity index (χ1) is 9.63. The maximum absolute atomic E-state index is 6.39. The molecule has 0 fully saturated rings. The van der Waals surface area contributed by atoms with Gasteiger partial charge in [0.25, 0.3) is 0 Å². The third-order valence-corrected chi connectivity index (χ3v) is 3.52. The molecule has 0 amide bonds. The Morgan fingerprint density at radius 2 is 1.55 bits per heavy atom. The van der Waals surface area contributed by atoms with Gasteiger partial charge in [-0.15, -0.1) is 0 Å². The first-order valence-corrected chi connectivity index (χ1v) is 7.20. The van der Waals surface area contributed by atoms with Gasteiger partial charge >= 0.3 is 0 Å². The second kappa shape index (κ2) is 6.58. The van der Waals surface area contributed by atoms with Gasteiger partial charge in [0.05, 0.1) is 12.6 Å². The molecule has 20 heavy (non-hydrogen) atoms. The van der Waals surface area contributed by atoms with Crippen molar-refractivity contribution in [2.45, 2.75) is 32.7 Å². The molecule has 0 bridgehead atoms. The molecule has 0 spiro atoms. The van der Waals surface area contributed by atoms with Gasteiger partial charge in [0.1, 0.15) is 5.75 Å². The van der Waals surface area contributed by atoms with Gasteiger partial charge < -0.3 is 10.5 Å². The topological polar surface area (TPSA) is 35.2 Å². The minimum absolute atomic E-state index is 0.154. The first-order valence-electron chi connectivity index (χ1n) is 7.20. The first kappa shape index (κ1) is 14.6. The number of rotatable bonds is 5. The molecule has 0 aliphatic carbocycles. The smallest absolute Gasteiger partial charge is 0.124 e. The van der Waals surface area contributed by atoms with Crippen molar-refractivity contribution in [3.8, 4) is 5.75 Å². The summed E-state index contributed by atoms with van der Waals surface area (Å²) in [4.78, 5) is 0. The van der Waals surface area contributed by atoms with Gasteiger partial charge in [0.2, 0.25) is 0 Å². The molecule has 0 heterocycles. The van der Waals surface area contributed by atoms with E-state index < -0.39 is 0 Å². The highest BCUT2D eigenvalue weighted by molar-refractivity contribution is 5.42. The summed E-state index contributed by atoms with van der Waals surface area (Å²) in [5.41, 5.74) is 9.87. The zero-order valence-electron chi connectivity index (χ0n) is 12.5. The van der Waals surface area contributed by atoms with Crippen molar-refractivity contribution in [2.24, 2.45) is 5.73 Å². The van der Waals surface area contributed by atoms with Crippen molar-refractivity contribution < 1.29 is 4.74 Å². The lowest BCUT2D eigenvalue weighted by molar-refractivity contribution is 0.335. The van der Waals surface area contributed by atoms with Crippen molar-refractivity contribution in [3.05, 3.63) is 65.2 Å². The summed E-state index contributed by atoms with van der Waals surface area (Å²) in [6, 6.07) is 16.4. The average Bonchev–Trinajstić information content (AvgIpc) is 2.47. The van der Waals surface area contributed by atoms with Crippen LogP contribution in [0.5, 0.6) is 5.75 Å². The SMILES string of the molecule is CCOc1ccccc1C(N)c1ccc(C(C)C)cc1. The Bertz CT molecular complexity index is 546. The molecular formula is C18H23NO. The van der Waals surface area contributed by atoms with Crippen LogP contribution in [-0.2, 0) is 0 Å². The highest BCUT2D eigenvalue weighted by Gasteiger charge is 2.13. The molecule has 2 heteroatoms. The lowest BCUT2D eigenvalue weighted by Crippen LogP contribution is -2.13. The molecule has 2 rings (SSSR count). The van der Waals surface area contributed by atoms with Crippen LogP contribution in [0.15, 0.2) is 48.5 Å². The fourth-order valence-corrected chi connectivity index (χ4v) is 2.29. The molecule has 2 nitrogen and oxygen atoms in total. The Labute approximate surface area is 121 Å². The van der Waals surface area contributed by atoms with Crippen LogP contribution in [-0.4, -0.2) is 6.61 Å². The Balaban J connectivity index is 2.28. The largest absolute Gasteiger partial charge is 0.494 e. The van der Waals surface area contributed by atoms with E-state index in [-0.39, 0.29) is 6.04 Å². The second-order valence-electron chi connectivity index (χ2n) is 5.27. The fraction of sp³-hybridized carbons (Fsp3) is 0.333. The zero-order valence-corrected chi connectivity index (χ0v) is 12.5. The number of ether oxygens (including phenoxy) is 1. The second-order valence-corrected chi connectivity index (χ2v) is 5.27. The Morgan fingerprint density at radius 3 is 2.15 bits per heavy atom. The van der Waals surface area contributed by atoms with Crippen LogP contribution in [0, 0.1) is 0 Å². The van der Waals surface area contributed by atoms with Crippen LogP contribution >= 0.6 is 0 Å². The van der Waals surface area contributed by atoms with Crippen LogP contribution in [0.25, 0.3) is 0 Å². The Hall–Kier alpha value is -1.80. The summed E-state index contributed by atoms with van der Waals surface area (Å²) in [6.45, 7) is 7.02. The maximum Gasteiger partial charge on any atom is 0.124 e. The van der Waals surface area contributed by atoms with Gasteiger partial charge in [0.15, 0.2) is 0 Å². The Kier molecular flexibility index (Phi) is 4.80. The third-order valence-electron chi connectivity index (χ3n) is 3.52. The number of para-hydroxylation sites is 1. The van der Waals surface area contributed by atoms with Gasteiger partial charge in [-0.3, -0.25) is 0 Å². The van der Waals surface area contributed by atoms with E-state index in [4.69, 9.17) is 10.5 Å². The predicted octanol–water partition coefficient (Wildman–Crippen LogP) is 4.26. The quantitative estimate of drug-likeness (QED) is 0.880. The number of benzene rings is 2. The number of nitrogens with two attached hydrogens (primary N) is 1. The molecule has 1 atom stereocenters. The minimum Gasteiger partial charge on any atom is -0.494 e. The lowest BCUT2D eigenvalue weighted by Gasteiger charge is -2.17. The Morgan fingerprint density at radius 1 is 0.950 bits per heavy atom. The van der Waals surface area contributed by atoms with E-state index in [1.54, 1.807) is 0 Å². The van der Waals surface area contributed by atoms with E-state index in [1.165, 1.54) is 5.56 Å². The lowest BCUT2D eigenvalue weighted by atomic mass is 9.95. The van der Waals surface area contributed by atoms with E-state index in [1.807, 2.05) is 31.2 Å². The van der Waals surface area contributed by atoms with Crippen LogP contribution in [0.2, 0.25) is 0 Å². The van der Waals surface area contributed by atoms with E-state index >= 15 is 0 Å². The van der Waals surface area contributed by atoms with Crippen molar-refractivity contribution in [1.82, 2.24) is 0 Å². The molecule has 0 aromatic heterocycles. The molecule has 0 radical (unpaired) electrons. The normalized spacial score (nSPS) is 12.4. The van der Waals surface area contributed by atoms with E-state index in [9.17, 15) is 0 Å². The zero-order chi connectivity index (χ0) is 14.5. The van der Waals surface area contributed by atoms with Crippen molar-refractivity contribution in [3.63, 3.8) is 0 Å². The standard InChI is InChI=1S/C18H23NO/c1-4-20-17-8-6-5-7-16(17)18(19)15-11-9-14(10-12-15)13(2)3/h5-13,18H,4,19H2,1-3H3. The maximum atomic E-state index is 6.39. The molecular weight excluding hydrogens is 246 g/mol. The fourth-order valence-electron chi connectivity index (χ4n) is 2.29. The van der Waals surface area contributed by atoms with Gasteiger partial charge in [-0.05, 0) is 30.0 Å². The molecule has 106 valence electrons. The van der Waals surface area contributed by atoms with E-state index in [0.29, 0.717) is 12.5 Å². The number of hydrogen-bond donors (Lipinski definition) is 1. The summed E-state index contributed by atoms with van der Waals surface area (Å²) >= 11 is 0. The summed E-state index contributed by atoms with van der Waals surface area (Å²) in [5, 5.41) is 0. The van der Waals surface area contributed by atoms with Gasteiger partial charge in [0, 0.05) is 5.56 Å². The van der Waals surface area contributed by atoms with E-state index in [0.717, 1.165) is 16.9 Å². The molecule has 0 aliphatic rings. The predicted molar refractivity (Wildman–Crippen MR) is 84.2 cm³/mol. The molecule has 1 unspecified atom stereocenters. The van der Waals surface area contributed by atoms with Crippen LogP contribution < -0.4 is 10.5 Å². The molecule has 2 N–H and O–H groups in total. The number of hydrogen-bond acceptors (Lipinski definition) is 2. The van der Waals surface area contributed by atoms with Crippen LogP contribution in [0.4, 0.5) is 0 Å². The third kappa shape index (κ3) is 3.20. The summed E-state index contributed by atoms with van der Waals surface area (Å²) < 4.78 is 5.66. The summed E-state index contributed by atoms with van der Waals surface area (Å²) in [5.74, 6) is 1.41. The highest BCUT2D eigenvalue weighted by atomic mass is 16.5. The molecule has 2 aromatic carbocycles. The van der Waals surface area contributed by atoms with Gasteiger partial charge in [-0.2, -0.15) is 0 Å². The monoisotopic (exact) mass is 269 g/mol. The summed E-state index contributed by atoms with van der Waals surface area (Å²) in [7, 11) is 0. The molecule has 0 saturated carbocycles. The van der Waals surface area contributed by atoms with Crippen molar-refractivity contribution in [2.75, 3.05) is 6.61 Å². The minimum atomic E-state index is -0.154. The highest BCUT2D eigenvalue weighted by Crippen LogP contribution is 2.29.